The maximum atomic E-state index is 12.0. The highest BCUT2D eigenvalue weighted by atomic mass is 16.4. The van der Waals surface area contributed by atoms with Gasteiger partial charge in [-0.05, 0) is 13.8 Å². The Kier molecular flexibility index (Phi) is 12.3. The molecule has 0 aromatic carbocycles. The summed E-state index contributed by atoms with van der Waals surface area (Å²) in [5, 5.41) is 36.5. The van der Waals surface area contributed by atoms with Crippen molar-refractivity contribution < 1.29 is 44.4 Å². The molecule has 13 nitrogen and oxygen atoms in total. The summed E-state index contributed by atoms with van der Waals surface area (Å²) in [5.74, 6) is -5.07. The van der Waals surface area contributed by atoms with Crippen molar-refractivity contribution in [2.75, 3.05) is 59.9 Å². The minimum atomic E-state index is -1.22. The summed E-state index contributed by atoms with van der Waals surface area (Å²) in [6.45, 7) is 1.26. The van der Waals surface area contributed by atoms with Crippen molar-refractivity contribution in [3.8, 4) is 0 Å². The second-order valence-corrected chi connectivity index (χ2v) is 7.43. The summed E-state index contributed by atoms with van der Waals surface area (Å²) < 4.78 is 0. The maximum Gasteiger partial charge on any atom is 0.317 e. The zero-order chi connectivity index (χ0) is 24.3. The molecule has 31 heavy (non-hydrogen) atoms. The highest BCUT2D eigenvalue weighted by Crippen LogP contribution is 2.12. The zero-order valence-corrected chi connectivity index (χ0v) is 18.2. The maximum absolute atomic E-state index is 12.0. The van der Waals surface area contributed by atoms with E-state index in [2.05, 4.69) is 0 Å². The molecule has 0 radical (unpaired) electrons. The first-order chi connectivity index (χ1) is 14.2. The fraction of sp³-hybridized carbons (Fsp3) is 0.722. The molecular weight excluding hydrogens is 416 g/mol. The number of aliphatic carboxylic acids is 4. The van der Waals surface area contributed by atoms with Gasteiger partial charge in [0.05, 0.1) is 32.7 Å². The van der Waals surface area contributed by atoms with E-state index in [-0.39, 0.29) is 25.5 Å². The van der Waals surface area contributed by atoms with Crippen LogP contribution in [0.25, 0.3) is 0 Å². The third-order valence-corrected chi connectivity index (χ3v) is 4.79. The Morgan fingerprint density at radius 1 is 0.613 bits per heavy atom. The van der Waals surface area contributed by atoms with Crippen LogP contribution in [0.5, 0.6) is 0 Å². The zero-order valence-electron chi connectivity index (χ0n) is 18.2. The van der Waals surface area contributed by atoms with E-state index < -0.39 is 62.1 Å². The minimum absolute atomic E-state index is 0.0636. The molecule has 0 aliphatic heterocycles. The van der Waals surface area contributed by atoms with Crippen LogP contribution in [0.4, 0.5) is 0 Å². The van der Waals surface area contributed by atoms with E-state index in [1.54, 1.807) is 13.8 Å². The van der Waals surface area contributed by atoms with Gasteiger partial charge in [0.15, 0.2) is 0 Å². The first kappa shape index (κ1) is 28.2. The van der Waals surface area contributed by atoms with Crippen molar-refractivity contribution >= 4 is 29.8 Å². The molecule has 0 fully saturated rings. The number of likely N-dealkylation sites (N-methyl/N-ethyl adjacent to an activating group) is 1. The average Bonchev–Trinajstić information content (AvgIpc) is 2.61. The quantitative estimate of drug-likeness (QED) is 0.206. The molecule has 0 bridgehead atoms. The lowest BCUT2D eigenvalue weighted by Crippen LogP contribution is -2.54. The van der Waals surface area contributed by atoms with Crippen LogP contribution in [-0.4, -0.2) is 142 Å². The number of carboxylic acids is 4. The van der Waals surface area contributed by atoms with Gasteiger partial charge in [0, 0.05) is 39.3 Å². The van der Waals surface area contributed by atoms with E-state index in [0.29, 0.717) is 0 Å². The van der Waals surface area contributed by atoms with E-state index in [1.807, 2.05) is 0 Å². The molecule has 0 aliphatic rings. The van der Waals surface area contributed by atoms with Gasteiger partial charge in [0.1, 0.15) is 0 Å². The van der Waals surface area contributed by atoms with E-state index in [1.165, 1.54) is 33.7 Å². The third-order valence-electron chi connectivity index (χ3n) is 4.79. The van der Waals surface area contributed by atoms with Crippen LogP contribution in [-0.2, 0) is 24.0 Å². The van der Waals surface area contributed by atoms with E-state index in [9.17, 15) is 29.1 Å². The van der Waals surface area contributed by atoms with Gasteiger partial charge in [-0.15, -0.1) is 0 Å². The minimum Gasteiger partial charge on any atom is -0.480 e. The SMILES string of the molecule is CC(C(C)N(CC(=O)O)CC(=O)O)N(CCN(CC(=O)O)CC(=O)N(C)C)CC(=O)O. The molecule has 0 saturated heterocycles. The molecule has 178 valence electrons. The molecular formula is C18H32N4O9. The Morgan fingerprint density at radius 2 is 1.00 bits per heavy atom. The number of carboxylic acid groups (broad SMARTS) is 4. The molecule has 2 unspecified atom stereocenters. The Labute approximate surface area is 180 Å². The standard InChI is InChI=1S/C18H32N4O9/c1-12(13(2)22(10-17(28)29)11-18(30)31)21(9-16(26)27)6-5-20(8-15(24)25)7-14(23)19(3)4/h12-13H,5-11H2,1-4H3,(H,24,25)(H,26,27)(H,28,29)(H,30,31). The molecule has 2 atom stereocenters. The van der Waals surface area contributed by atoms with Gasteiger partial charge >= 0.3 is 23.9 Å². The lowest BCUT2D eigenvalue weighted by atomic mass is 10.1. The fourth-order valence-corrected chi connectivity index (χ4v) is 2.91. The Morgan fingerprint density at radius 3 is 1.39 bits per heavy atom. The average molecular weight is 448 g/mol. The second kappa shape index (κ2) is 13.5. The molecule has 0 spiro atoms. The van der Waals surface area contributed by atoms with Crippen molar-refractivity contribution in [2.24, 2.45) is 0 Å². The summed E-state index contributed by atoms with van der Waals surface area (Å²) in [5.41, 5.74) is 0. The van der Waals surface area contributed by atoms with Crippen molar-refractivity contribution in [1.82, 2.24) is 19.6 Å². The number of rotatable bonds is 16. The lowest BCUT2D eigenvalue weighted by molar-refractivity contribution is -0.145. The Bertz CT molecular complexity index is 640. The number of nitrogens with zero attached hydrogens (tertiary/aromatic N) is 4. The topological polar surface area (TPSA) is 179 Å². The van der Waals surface area contributed by atoms with Crippen LogP contribution in [0.2, 0.25) is 0 Å². The van der Waals surface area contributed by atoms with Crippen LogP contribution >= 0.6 is 0 Å². The lowest BCUT2D eigenvalue weighted by Gasteiger charge is -2.38. The summed E-state index contributed by atoms with van der Waals surface area (Å²) in [6, 6.07) is -1.21. The first-order valence-electron chi connectivity index (χ1n) is 9.52. The highest BCUT2D eigenvalue weighted by Gasteiger charge is 2.29. The van der Waals surface area contributed by atoms with Crippen molar-refractivity contribution in [1.29, 1.82) is 0 Å². The smallest absolute Gasteiger partial charge is 0.317 e. The van der Waals surface area contributed by atoms with Gasteiger partial charge in [-0.3, -0.25) is 38.7 Å². The van der Waals surface area contributed by atoms with Gasteiger partial charge in [0.2, 0.25) is 5.91 Å². The Balaban J connectivity index is 5.44. The third kappa shape index (κ3) is 11.9. The molecule has 0 rings (SSSR count). The second-order valence-electron chi connectivity index (χ2n) is 7.43. The Hall–Kier alpha value is -2.77. The number of carbonyl (C=O) groups is 5. The van der Waals surface area contributed by atoms with Gasteiger partial charge in [-0.1, -0.05) is 0 Å². The molecule has 0 aromatic heterocycles. The monoisotopic (exact) mass is 448 g/mol. The normalized spacial score (nSPS) is 13.3. The molecule has 4 N–H and O–H groups in total. The van der Waals surface area contributed by atoms with Crippen LogP contribution in [0.15, 0.2) is 0 Å². The number of carbonyl (C=O) groups excluding carboxylic acids is 1. The molecule has 1 amide bonds. The molecule has 0 aromatic rings. The predicted octanol–water partition coefficient (Wildman–Crippen LogP) is -1.90. The van der Waals surface area contributed by atoms with E-state index in [4.69, 9.17) is 15.3 Å². The molecule has 0 saturated carbocycles. The van der Waals surface area contributed by atoms with Crippen LogP contribution in [0.1, 0.15) is 13.8 Å². The summed E-state index contributed by atoms with van der Waals surface area (Å²) in [6.07, 6.45) is 0. The predicted molar refractivity (Wildman–Crippen MR) is 108 cm³/mol. The fourth-order valence-electron chi connectivity index (χ4n) is 2.91. The van der Waals surface area contributed by atoms with Crippen LogP contribution in [0, 0.1) is 0 Å². The molecule has 0 heterocycles. The highest BCUT2D eigenvalue weighted by molar-refractivity contribution is 5.78. The van der Waals surface area contributed by atoms with Gasteiger partial charge in [-0.25, -0.2) is 0 Å². The van der Waals surface area contributed by atoms with Gasteiger partial charge < -0.3 is 25.3 Å². The number of hydrogen-bond acceptors (Lipinski definition) is 8. The van der Waals surface area contributed by atoms with Crippen molar-refractivity contribution in [2.45, 2.75) is 25.9 Å². The number of amides is 1. The largest absolute Gasteiger partial charge is 0.480 e. The van der Waals surface area contributed by atoms with Crippen LogP contribution < -0.4 is 0 Å². The van der Waals surface area contributed by atoms with Gasteiger partial charge in [-0.2, -0.15) is 0 Å². The van der Waals surface area contributed by atoms with Crippen molar-refractivity contribution in [3.05, 3.63) is 0 Å². The van der Waals surface area contributed by atoms with E-state index >= 15 is 0 Å². The number of hydrogen-bond donors (Lipinski definition) is 4. The van der Waals surface area contributed by atoms with Crippen molar-refractivity contribution in [3.63, 3.8) is 0 Å². The summed E-state index contributed by atoms with van der Waals surface area (Å²) in [7, 11) is 3.06. The molecule has 0 aliphatic carbocycles. The molecule has 13 heteroatoms. The summed E-state index contributed by atoms with van der Waals surface area (Å²) >= 11 is 0. The van der Waals surface area contributed by atoms with E-state index in [0.717, 1.165) is 0 Å². The first-order valence-corrected chi connectivity index (χ1v) is 9.52. The van der Waals surface area contributed by atoms with Crippen LogP contribution in [0.3, 0.4) is 0 Å². The van der Waals surface area contributed by atoms with Gasteiger partial charge in [0.25, 0.3) is 0 Å². The summed E-state index contributed by atoms with van der Waals surface area (Å²) in [4.78, 5) is 62.0.